The Hall–Kier alpha value is -4.16. The summed E-state index contributed by atoms with van der Waals surface area (Å²) in [6, 6.07) is 13.5. The van der Waals surface area contributed by atoms with Crippen molar-refractivity contribution in [3.63, 3.8) is 0 Å². The van der Waals surface area contributed by atoms with E-state index in [1.165, 1.54) is 16.8 Å². The molecule has 3 heterocycles. The summed E-state index contributed by atoms with van der Waals surface area (Å²) in [7, 11) is 1.73. The summed E-state index contributed by atoms with van der Waals surface area (Å²) in [5, 5.41) is 22.0. The van der Waals surface area contributed by atoms with E-state index >= 15 is 4.39 Å². The second-order valence-electron chi connectivity index (χ2n) is 8.33. The SMILES string of the molecule is Cn1cc(-c2ccc(C(=O)N(c3nccc4cc(C#N)ccc34)[C@@H]3CCCNC3)c(F)c2)nn1. The zero-order chi connectivity index (χ0) is 23.7. The summed E-state index contributed by atoms with van der Waals surface area (Å²) in [5.74, 6) is -0.631. The van der Waals surface area contributed by atoms with Crippen LogP contribution in [0.25, 0.3) is 22.0 Å². The molecule has 1 amide bonds. The molecule has 34 heavy (non-hydrogen) atoms. The lowest BCUT2D eigenvalue weighted by Crippen LogP contribution is -2.49. The van der Waals surface area contributed by atoms with E-state index in [0.29, 0.717) is 29.2 Å². The molecule has 0 spiro atoms. The van der Waals surface area contributed by atoms with Gasteiger partial charge in [0.25, 0.3) is 5.91 Å². The maximum Gasteiger partial charge on any atom is 0.262 e. The number of piperidine rings is 1. The first-order chi connectivity index (χ1) is 16.5. The smallest absolute Gasteiger partial charge is 0.262 e. The number of pyridine rings is 1. The largest absolute Gasteiger partial charge is 0.315 e. The Bertz CT molecular complexity index is 1420. The van der Waals surface area contributed by atoms with E-state index in [0.717, 1.165) is 30.2 Å². The highest BCUT2D eigenvalue weighted by molar-refractivity contribution is 6.10. The number of carbonyl (C=O) groups excluding carboxylic acids is 1. The Morgan fingerprint density at radius 2 is 2.15 bits per heavy atom. The van der Waals surface area contributed by atoms with Gasteiger partial charge in [-0.05, 0) is 61.2 Å². The number of aryl methyl sites for hydroxylation is 1. The lowest BCUT2D eigenvalue weighted by Gasteiger charge is -2.34. The standard InChI is InChI=1S/C25H22FN7O/c1-32-15-23(30-31-32)18-5-7-21(22(26)12-18)25(34)33(19-3-2-9-28-14-19)24-20-6-4-16(13-27)11-17(20)8-10-29-24/h4-8,10-12,15,19,28H,2-3,9,14H2,1H3/t19-/m1/s1. The van der Waals surface area contributed by atoms with Crippen LogP contribution in [0, 0.1) is 17.1 Å². The number of carbonyl (C=O) groups is 1. The van der Waals surface area contributed by atoms with Gasteiger partial charge in [0.15, 0.2) is 0 Å². The van der Waals surface area contributed by atoms with Crippen LogP contribution in [-0.4, -0.2) is 45.0 Å². The maximum atomic E-state index is 15.3. The molecular formula is C25H22FN7O. The van der Waals surface area contributed by atoms with Gasteiger partial charge in [0.1, 0.15) is 17.3 Å². The normalized spacial score (nSPS) is 15.7. The number of hydrogen-bond donors (Lipinski definition) is 1. The number of rotatable bonds is 4. The molecule has 0 bridgehead atoms. The lowest BCUT2D eigenvalue weighted by atomic mass is 10.0. The minimum atomic E-state index is -0.631. The van der Waals surface area contributed by atoms with Gasteiger partial charge in [-0.2, -0.15) is 5.26 Å². The lowest BCUT2D eigenvalue weighted by molar-refractivity contribution is 0.0968. The van der Waals surface area contributed by atoms with Crippen molar-refractivity contribution in [1.82, 2.24) is 25.3 Å². The Kier molecular flexibility index (Phi) is 5.74. The third kappa shape index (κ3) is 4.00. The fourth-order valence-electron chi connectivity index (χ4n) is 4.37. The van der Waals surface area contributed by atoms with E-state index in [1.807, 2.05) is 0 Å². The number of aromatic nitrogens is 4. The fraction of sp³-hybridized carbons (Fsp3) is 0.240. The third-order valence-corrected chi connectivity index (χ3v) is 6.05. The molecule has 1 fully saturated rings. The number of amides is 1. The molecule has 2 aromatic heterocycles. The first-order valence-electron chi connectivity index (χ1n) is 11.0. The second kappa shape index (κ2) is 9.00. The van der Waals surface area contributed by atoms with Crippen LogP contribution in [0.4, 0.5) is 10.2 Å². The molecule has 9 heteroatoms. The van der Waals surface area contributed by atoms with Gasteiger partial charge in [-0.25, -0.2) is 9.37 Å². The van der Waals surface area contributed by atoms with Crippen LogP contribution in [0.3, 0.4) is 0 Å². The summed E-state index contributed by atoms with van der Waals surface area (Å²) < 4.78 is 16.8. The Morgan fingerprint density at radius 3 is 2.85 bits per heavy atom. The van der Waals surface area contributed by atoms with Crippen molar-refractivity contribution in [3.05, 3.63) is 71.8 Å². The first-order valence-corrected chi connectivity index (χ1v) is 11.0. The van der Waals surface area contributed by atoms with Crippen LogP contribution in [0.15, 0.2) is 54.9 Å². The molecule has 170 valence electrons. The molecule has 8 nitrogen and oxygen atoms in total. The number of hydrogen-bond acceptors (Lipinski definition) is 6. The van der Waals surface area contributed by atoms with Crippen LogP contribution in [0.2, 0.25) is 0 Å². The van der Waals surface area contributed by atoms with Gasteiger partial charge in [-0.15, -0.1) is 5.10 Å². The maximum absolute atomic E-state index is 15.3. The molecule has 4 aromatic rings. The van der Waals surface area contributed by atoms with Gasteiger partial charge < -0.3 is 5.32 Å². The minimum Gasteiger partial charge on any atom is -0.315 e. The van der Waals surface area contributed by atoms with E-state index < -0.39 is 11.7 Å². The van der Waals surface area contributed by atoms with E-state index in [2.05, 4.69) is 26.7 Å². The molecule has 1 saturated heterocycles. The molecule has 0 aliphatic carbocycles. The van der Waals surface area contributed by atoms with Gasteiger partial charge in [0.2, 0.25) is 0 Å². The highest BCUT2D eigenvalue weighted by Gasteiger charge is 2.31. The summed E-state index contributed by atoms with van der Waals surface area (Å²) in [6.07, 6.45) is 4.97. The van der Waals surface area contributed by atoms with Crippen LogP contribution in [-0.2, 0) is 7.05 Å². The van der Waals surface area contributed by atoms with Crippen molar-refractivity contribution < 1.29 is 9.18 Å². The Balaban J connectivity index is 1.59. The number of nitrogens with zero attached hydrogens (tertiary/aromatic N) is 6. The Morgan fingerprint density at radius 1 is 1.26 bits per heavy atom. The minimum absolute atomic E-state index is 0.0364. The molecule has 0 saturated carbocycles. The summed E-state index contributed by atoms with van der Waals surface area (Å²) in [6.45, 7) is 1.45. The van der Waals surface area contributed by atoms with Gasteiger partial charge >= 0.3 is 0 Å². The monoisotopic (exact) mass is 455 g/mol. The van der Waals surface area contributed by atoms with Gasteiger partial charge in [0, 0.05) is 30.7 Å². The number of nitriles is 1. The zero-order valence-electron chi connectivity index (χ0n) is 18.6. The average Bonchev–Trinajstić information content (AvgIpc) is 3.30. The van der Waals surface area contributed by atoms with Gasteiger partial charge in [-0.1, -0.05) is 11.3 Å². The van der Waals surface area contributed by atoms with Gasteiger partial charge in [0.05, 0.1) is 29.4 Å². The first kappa shape index (κ1) is 21.7. The summed E-state index contributed by atoms with van der Waals surface area (Å²) in [5.41, 5.74) is 1.55. The van der Waals surface area contributed by atoms with Crippen molar-refractivity contribution in [1.29, 1.82) is 5.26 Å². The molecule has 1 aliphatic rings. The molecule has 1 atom stereocenters. The molecule has 1 aliphatic heterocycles. The topological polar surface area (TPSA) is 99.7 Å². The highest BCUT2D eigenvalue weighted by Crippen LogP contribution is 2.31. The van der Waals surface area contributed by atoms with Crippen molar-refractivity contribution in [2.45, 2.75) is 18.9 Å². The van der Waals surface area contributed by atoms with Crippen molar-refractivity contribution >= 4 is 22.5 Å². The molecular weight excluding hydrogens is 433 g/mol. The van der Waals surface area contributed by atoms with Crippen molar-refractivity contribution in [3.8, 4) is 17.3 Å². The number of fused-ring (bicyclic) bond motifs is 1. The predicted octanol–water partition coefficient (Wildman–Crippen LogP) is 3.44. The van der Waals surface area contributed by atoms with Crippen molar-refractivity contribution in [2.75, 3.05) is 18.0 Å². The summed E-state index contributed by atoms with van der Waals surface area (Å²) >= 11 is 0. The van der Waals surface area contributed by atoms with Crippen LogP contribution < -0.4 is 10.2 Å². The van der Waals surface area contributed by atoms with Crippen LogP contribution >= 0.6 is 0 Å². The van der Waals surface area contributed by atoms with Crippen LogP contribution in [0.1, 0.15) is 28.8 Å². The quantitative estimate of drug-likeness (QED) is 0.506. The molecule has 1 N–H and O–H groups in total. The zero-order valence-corrected chi connectivity index (χ0v) is 18.6. The molecule has 0 unspecified atom stereocenters. The van der Waals surface area contributed by atoms with E-state index in [4.69, 9.17) is 0 Å². The molecule has 0 radical (unpaired) electrons. The summed E-state index contributed by atoms with van der Waals surface area (Å²) in [4.78, 5) is 19.9. The highest BCUT2D eigenvalue weighted by atomic mass is 19.1. The number of halogens is 1. The van der Waals surface area contributed by atoms with E-state index in [9.17, 15) is 10.1 Å². The van der Waals surface area contributed by atoms with Crippen molar-refractivity contribution in [2.24, 2.45) is 7.05 Å². The second-order valence-corrected chi connectivity index (χ2v) is 8.33. The number of anilines is 1. The van der Waals surface area contributed by atoms with E-state index in [1.54, 1.807) is 54.7 Å². The average molecular weight is 455 g/mol. The fourth-order valence-corrected chi connectivity index (χ4v) is 4.37. The number of nitrogens with one attached hydrogen (secondary N) is 1. The molecule has 2 aromatic carbocycles. The van der Waals surface area contributed by atoms with Gasteiger partial charge in [-0.3, -0.25) is 14.4 Å². The number of benzene rings is 2. The molecule has 5 rings (SSSR count). The Labute approximate surface area is 195 Å². The third-order valence-electron chi connectivity index (χ3n) is 6.05. The van der Waals surface area contributed by atoms with Crippen LogP contribution in [0.5, 0.6) is 0 Å². The van der Waals surface area contributed by atoms with E-state index in [-0.39, 0.29) is 11.6 Å². The predicted molar refractivity (Wildman–Crippen MR) is 126 cm³/mol.